The number of piperidine rings is 1. The van der Waals surface area contributed by atoms with Crippen LogP contribution in [0.3, 0.4) is 0 Å². The average Bonchev–Trinajstić information content (AvgIpc) is 3.58. The van der Waals surface area contributed by atoms with Gasteiger partial charge in [0.2, 0.25) is 0 Å². The highest BCUT2D eigenvalue weighted by atomic mass is 16.4. The van der Waals surface area contributed by atoms with Crippen molar-refractivity contribution in [3.8, 4) is 11.8 Å². The highest BCUT2D eigenvalue weighted by Crippen LogP contribution is 2.30. The van der Waals surface area contributed by atoms with Crippen LogP contribution in [0, 0.1) is 17.8 Å². The summed E-state index contributed by atoms with van der Waals surface area (Å²) < 4.78 is 0. The predicted octanol–water partition coefficient (Wildman–Crippen LogP) is 2.79. The Bertz CT molecular complexity index is 1270. The lowest BCUT2D eigenvalue weighted by Crippen LogP contribution is -2.44. The van der Waals surface area contributed by atoms with E-state index in [1.807, 2.05) is 6.07 Å². The smallest absolute Gasteiger partial charge is 0.407 e. The number of nitrogens with zero attached hydrogens (tertiary/aromatic N) is 3. The minimum atomic E-state index is -0.911. The number of anilines is 1. The monoisotopic (exact) mass is 403 g/mol. The molecule has 0 unspecified atom stereocenters. The van der Waals surface area contributed by atoms with E-state index < -0.39 is 6.09 Å². The van der Waals surface area contributed by atoms with Crippen molar-refractivity contribution in [3.63, 3.8) is 0 Å². The van der Waals surface area contributed by atoms with Crippen LogP contribution in [0.2, 0.25) is 0 Å². The molecule has 3 aromatic rings. The molecule has 0 aromatic carbocycles. The predicted molar refractivity (Wildman–Crippen MR) is 114 cm³/mol. The molecule has 30 heavy (non-hydrogen) atoms. The van der Waals surface area contributed by atoms with Gasteiger partial charge in [-0.25, -0.2) is 9.78 Å². The number of rotatable bonds is 2. The summed E-state index contributed by atoms with van der Waals surface area (Å²) in [5.74, 6) is 7.46. The van der Waals surface area contributed by atoms with Crippen molar-refractivity contribution in [2.24, 2.45) is 5.92 Å². The molecule has 0 radical (unpaired) electrons. The summed E-state index contributed by atoms with van der Waals surface area (Å²) in [5.41, 5.74) is 0.996. The molecule has 0 spiro atoms. The van der Waals surface area contributed by atoms with Crippen LogP contribution in [0.1, 0.15) is 31.2 Å². The molecule has 5 rings (SSSR count). The standard InChI is InChI=1S/C22H21N5O3/c28-21-18-17-11-23-8-7-16(17)20(25-15-2-1-9-27(12-15)22(29)30)26-19(18)14(10-24-21)6-5-13-3-4-13/h7-8,10-11,13,15H,1-4,9,12H2,(H,24,28)(H,25,26)(H,29,30)/t15-/m0/s1. The molecule has 1 aliphatic carbocycles. The molecule has 4 heterocycles. The van der Waals surface area contributed by atoms with Gasteiger partial charge >= 0.3 is 6.09 Å². The molecule has 152 valence electrons. The lowest BCUT2D eigenvalue weighted by Gasteiger charge is -2.31. The van der Waals surface area contributed by atoms with E-state index in [1.54, 1.807) is 18.6 Å². The van der Waals surface area contributed by atoms with Gasteiger partial charge in [-0.2, -0.15) is 0 Å². The summed E-state index contributed by atoms with van der Waals surface area (Å²) in [6.07, 6.45) is 7.90. The Morgan fingerprint density at radius 1 is 1.30 bits per heavy atom. The number of carbonyl (C=O) groups is 1. The Labute approximate surface area is 172 Å². The number of aromatic amines is 1. The van der Waals surface area contributed by atoms with Crippen molar-refractivity contribution < 1.29 is 9.90 Å². The van der Waals surface area contributed by atoms with Gasteiger partial charge in [-0.1, -0.05) is 11.8 Å². The summed E-state index contributed by atoms with van der Waals surface area (Å²) in [7, 11) is 0. The first-order valence-electron chi connectivity index (χ1n) is 10.1. The van der Waals surface area contributed by atoms with Crippen LogP contribution in [0.5, 0.6) is 0 Å². The number of carboxylic acid groups (broad SMARTS) is 1. The molecule has 2 fully saturated rings. The lowest BCUT2D eigenvalue weighted by atomic mass is 10.0. The zero-order valence-electron chi connectivity index (χ0n) is 16.3. The Balaban J connectivity index is 1.63. The van der Waals surface area contributed by atoms with Crippen LogP contribution in [0.25, 0.3) is 21.7 Å². The van der Waals surface area contributed by atoms with Gasteiger partial charge in [-0.3, -0.25) is 9.78 Å². The number of likely N-dealkylation sites (tertiary alicyclic amines) is 1. The van der Waals surface area contributed by atoms with Crippen molar-refractivity contribution in [1.82, 2.24) is 19.9 Å². The average molecular weight is 403 g/mol. The number of fused-ring (bicyclic) bond motifs is 3. The summed E-state index contributed by atoms with van der Waals surface area (Å²) in [5, 5.41) is 14.7. The molecule has 1 amide bonds. The topological polar surface area (TPSA) is 111 Å². The second kappa shape index (κ2) is 7.34. The second-order valence-electron chi connectivity index (χ2n) is 7.89. The molecule has 8 nitrogen and oxygen atoms in total. The van der Waals surface area contributed by atoms with Gasteiger partial charge in [-0.05, 0) is 31.7 Å². The Hall–Kier alpha value is -3.60. The number of hydrogen-bond donors (Lipinski definition) is 3. The van der Waals surface area contributed by atoms with Crippen LogP contribution in [-0.4, -0.2) is 50.2 Å². The van der Waals surface area contributed by atoms with Gasteiger partial charge in [-0.15, -0.1) is 0 Å². The second-order valence-corrected chi connectivity index (χ2v) is 7.89. The molecular formula is C22H21N5O3. The zero-order valence-corrected chi connectivity index (χ0v) is 16.3. The van der Waals surface area contributed by atoms with E-state index in [4.69, 9.17) is 4.98 Å². The number of pyridine rings is 3. The van der Waals surface area contributed by atoms with Crippen molar-refractivity contribution in [2.45, 2.75) is 31.7 Å². The SMILES string of the molecule is O=C(O)N1CCC[C@H](Nc2nc3c(C#CC4CC4)c[nH]c(=O)c3c3cnccc23)C1. The summed E-state index contributed by atoms with van der Waals surface area (Å²) in [6.45, 7) is 0.935. The van der Waals surface area contributed by atoms with Crippen molar-refractivity contribution in [2.75, 3.05) is 18.4 Å². The Kier molecular flexibility index (Phi) is 4.51. The number of hydrogen-bond acceptors (Lipinski definition) is 5. The van der Waals surface area contributed by atoms with Crippen molar-refractivity contribution in [1.29, 1.82) is 0 Å². The fourth-order valence-electron chi connectivity index (χ4n) is 3.93. The maximum Gasteiger partial charge on any atom is 0.407 e. The van der Waals surface area contributed by atoms with Gasteiger partial charge in [0.1, 0.15) is 5.82 Å². The Morgan fingerprint density at radius 3 is 2.97 bits per heavy atom. The fourth-order valence-corrected chi connectivity index (χ4v) is 3.93. The minimum absolute atomic E-state index is 0.0563. The molecular weight excluding hydrogens is 382 g/mol. The van der Waals surface area contributed by atoms with Gasteiger partial charge < -0.3 is 20.3 Å². The van der Waals surface area contributed by atoms with E-state index in [0.29, 0.717) is 46.7 Å². The highest BCUT2D eigenvalue weighted by molar-refractivity contribution is 6.10. The highest BCUT2D eigenvalue weighted by Gasteiger charge is 2.24. The van der Waals surface area contributed by atoms with E-state index in [0.717, 1.165) is 31.1 Å². The van der Waals surface area contributed by atoms with Crippen LogP contribution in [0.15, 0.2) is 29.5 Å². The largest absolute Gasteiger partial charge is 0.465 e. The van der Waals surface area contributed by atoms with Gasteiger partial charge in [0.15, 0.2) is 0 Å². The third kappa shape index (κ3) is 3.43. The number of aromatic nitrogens is 3. The Morgan fingerprint density at radius 2 is 2.17 bits per heavy atom. The normalized spacial score (nSPS) is 18.8. The van der Waals surface area contributed by atoms with E-state index in [-0.39, 0.29) is 11.6 Å². The molecule has 3 N–H and O–H groups in total. The van der Waals surface area contributed by atoms with E-state index in [9.17, 15) is 14.7 Å². The quantitative estimate of drug-likeness (QED) is 0.448. The molecule has 3 aromatic heterocycles. The fraction of sp³-hybridized carbons (Fsp3) is 0.364. The molecule has 1 saturated carbocycles. The van der Waals surface area contributed by atoms with Crippen LogP contribution in [-0.2, 0) is 0 Å². The maximum absolute atomic E-state index is 12.7. The molecule has 8 heteroatoms. The first-order chi connectivity index (χ1) is 14.6. The lowest BCUT2D eigenvalue weighted by molar-refractivity contribution is 0.133. The zero-order chi connectivity index (χ0) is 20.7. The number of H-pyrrole nitrogens is 1. The van der Waals surface area contributed by atoms with Crippen molar-refractivity contribution in [3.05, 3.63) is 40.6 Å². The van der Waals surface area contributed by atoms with E-state index >= 15 is 0 Å². The molecule has 1 saturated heterocycles. The summed E-state index contributed by atoms with van der Waals surface area (Å²) in [4.78, 5) is 37.2. The van der Waals surface area contributed by atoms with Gasteiger partial charge in [0.05, 0.1) is 16.5 Å². The molecule has 1 atom stereocenters. The van der Waals surface area contributed by atoms with Crippen LogP contribution < -0.4 is 10.9 Å². The summed E-state index contributed by atoms with van der Waals surface area (Å²) >= 11 is 0. The van der Waals surface area contributed by atoms with Gasteiger partial charge in [0.25, 0.3) is 5.56 Å². The molecule has 1 aliphatic heterocycles. The molecule has 2 aliphatic rings. The van der Waals surface area contributed by atoms with Crippen molar-refractivity contribution >= 4 is 33.6 Å². The van der Waals surface area contributed by atoms with Gasteiger partial charge in [0, 0.05) is 54.4 Å². The number of nitrogens with one attached hydrogen (secondary N) is 2. The van der Waals surface area contributed by atoms with Crippen LogP contribution >= 0.6 is 0 Å². The van der Waals surface area contributed by atoms with E-state index in [1.165, 1.54) is 4.90 Å². The third-order valence-electron chi connectivity index (χ3n) is 5.66. The minimum Gasteiger partial charge on any atom is -0.465 e. The maximum atomic E-state index is 12.7. The van der Waals surface area contributed by atoms with E-state index in [2.05, 4.69) is 27.1 Å². The number of amides is 1. The van der Waals surface area contributed by atoms with Crippen LogP contribution in [0.4, 0.5) is 10.6 Å². The first kappa shape index (κ1) is 18.4. The third-order valence-corrected chi connectivity index (χ3v) is 5.66. The first-order valence-corrected chi connectivity index (χ1v) is 10.1. The summed E-state index contributed by atoms with van der Waals surface area (Å²) in [6, 6.07) is 1.77. The molecule has 0 bridgehead atoms.